The van der Waals surface area contributed by atoms with Crippen LogP contribution in [0.2, 0.25) is 0 Å². The Morgan fingerprint density at radius 1 is 1.08 bits per heavy atom. The summed E-state index contributed by atoms with van der Waals surface area (Å²) in [6, 6.07) is 10.8. The lowest BCUT2D eigenvalue weighted by Gasteiger charge is -2.13. The summed E-state index contributed by atoms with van der Waals surface area (Å²) in [5.74, 6) is -1.13. The average Bonchev–Trinajstić information content (AvgIpc) is 3.38. The van der Waals surface area contributed by atoms with Gasteiger partial charge < -0.3 is 24.8 Å². The van der Waals surface area contributed by atoms with Crippen molar-refractivity contribution in [3.8, 4) is 11.5 Å². The van der Waals surface area contributed by atoms with Crippen LogP contribution in [0.25, 0.3) is 0 Å². The van der Waals surface area contributed by atoms with E-state index in [1.807, 2.05) is 39.0 Å². The van der Waals surface area contributed by atoms with Crippen molar-refractivity contribution in [2.24, 2.45) is 5.10 Å². The molecule has 3 amide bonds. The zero-order valence-corrected chi connectivity index (χ0v) is 20.8. The van der Waals surface area contributed by atoms with E-state index in [-0.39, 0.29) is 25.2 Å². The minimum absolute atomic E-state index is 0.0549. The lowest BCUT2D eigenvalue weighted by atomic mass is 10.1. The number of aryl methyl sites for hydroxylation is 2. The van der Waals surface area contributed by atoms with Gasteiger partial charge in [0, 0.05) is 18.8 Å². The zero-order valence-electron chi connectivity index (χ0n) is 20.8. The first kappa shape index (κ1) is 26.7. The van der Waals surface area contributed by atoms with E-state index in [4.69, 9.17) is 14.2 Å². The van der Waals surface area contributed by atoms with Crippen molar-refractivity contribution < 1.29 is 28.6 Å². The van der Waals surface area contributed by atoms with E-state index in [0.29, 0.717) is 30.3 Å². The SMILES string of the molecule is CCOc1cc(/C=N\NC(=O)C(=O)NC[C@@H]2CCCO2)ccc1OCC(=O)Nc1cc(C)ccc1C. The monoisotopic (exact) mass is 496 g/mol. The molecule has 1 heterocycles. The Labute approximate surface area is 210 Å². The molecule has 192 valence electrons. The highest BCUT2D eigenvalue weighted by molar-refractivity contribution is 6.35. The Bertz CT molecular complexity index is 1110. The third kappa shape index (κ3) is 8.09. The molecule has 1 fully saturated rings. The maximum absolute atomic E-state index is 12.4. The van der Waals surface area contributed by atoms with Crippen molar-refractivity contribution in [3.63, 3.8) is 0 Å². The van der Waals surface area contributed by atoms with Gasteiger partial charge >= 0.3 is 11.8 Å². The predicted octanol–water partition coefficient (Wildman–Crippen LogP) is 2.46. The van der Waals surface area contributed by atoms with Crippen LogP contribution in [0.3, 0.4) is 0 Å². The van der Waals surface area contributed by atoms with Gasteiger partial charge in [-0.1, -0.05) is 12.1 Å². The van der Waals surface area contributed by atoms with Crippen LogP contribution in [0.4, 0.5) is 5.69 Å². The van der Waals surface area contributed by atoms with E-state index in [2.05, 4.69) is 21.2 Å². The summed E-state index contributed by atoms with van der Waals surface area (Å²) in [7, 11) is 0. The van der Waals surface area contributed by atoms with Crippen molar-refractivity contribution in [2.75, 3.05) is 31.7 Å². The predicted molar refractivity (Wildman–Crippen MR) is 135 cm³/mol. The summed E-state index contributed by atoms with van der Waals surface area (Å²) >= 11 is 0. The summed E-state index contributed by atoms with van der Waals surface area (Å²) in [6.45, 7) is 6.85. The van der Waals surface area contributed by atoms with Gasteiger partial charge in [0.25, 0.3) is 5.91 Å². The lowest BCUT2D eigenvalue weighted by molar-refractivity contribution is -0.139. The molecule has 10 nitrogen and oxygen atoms in total. The molecule has 2 aromatic carbocycles. The fraction of sp³-hybridized carbons (Fsp3) is 0.385. The molecule has 0 unspecified atom stereocenters. The van der Waals surface area contributed by atoms with Crippen LogP contribution in [0.15, 0.2) is 41.5 Å². The zero-order chi connectivity index (χ0) is 25.9. The molecule has 10 heteroatoms. The molecule has 1 aliphatic heterocycles. The quantitative estimate of drug-likeness (QED) is 0.263. The molecule has 0 spiro atoms. The number of carbonyl (C=O) groups is 3. The summed E-state index contributed by atoms with van der Waals surface area (Å²) in [4.78, 5) is 36.2. The first-order valence-corrected chi connectivity index (χ1v) is 11.8. The topological polar surface area (TPSA) is 127 Å². The number of hydrogen-bond donors (Lipinski definition) is 3. The molecule has 0 aromatic heterocycles. The molecule has 0 aliphatic carbocycles. The molecule has 1 saturated heterocycles. The number of benzene rings is 2. The number of nitrogens with zero attached hydrogens (tertiary/aromatic N) is 1. The molecule has 2 aromatic rings. The van der Waals surface area contributed by atoms with E-state index in [9.17, 15) is 14.4 Å². The number of ether oxygens (including phenoxy) is 3. The van der Waals surface area contributed by atoms with Gasteiger partial charge in [0.1, 0.15) is 0 Å². The Kier molecular flexibility index (Phi) is 9.82. The second kappa shape index (κ2) is 13.2. The minimum Gasteiger partial charge on any atom is -0.490 e. The van der Waals surface area contributed by atoms with Gasteiger partial charge in [-0.2, -0.15) is 5.10 Å². The van der Waals surface area contributed by atoms with Crippen molar-refractivity contribution in [1.82, 2.24) is 10.7 Å². The summed E-state index contributed by atoms with van der Waals surface area (Å²) in [5, 5.41) is 9.21. The minimum atomic E-state index is -0.871. The largest absolute Gasteiger partial charge is 0.490 e. The van der Waals surface area contributed by atoms with Crippen molar-refractivity contribution >= 4 is 29.6 Å². The van der Waals surface area contributed by atoms with Gasteiger partial charge in [0.15, 0.2) is 18.1 Å². The summed E-state index contributed by atoms with van der Waals surface area (Å²) < 4.78 is 16.7. The second-order valence-electron chi connectivity index (χ2n) is 8.34. The number of nitrogens with one attached hydrogen (secondary N) is 3. The highest BCUT2D eigenvalue weighted by atomic mass is 16.5. The highest BCUT2D eigenvalue weighted by Crippen LogP contribution is 2.28. The fourth-order valence-corrected chi connectivity index (χ4v) is 3.50. The number of hydrogen-bond acceptors (Lipinski definition) is 7. The van der Waals surface area contributed by atoms with Crippen LogP contribution in [-0.4, -0.2) is 56.4 Å². The number of amides is 3. The van der Waals surface area contributed by atoms with Crippen LogP contribution in [0, 0.1) is 13.8 Å². The lowest BCUT2D eigenvalue weighted by Crippen LogP contribution is -2.41. The van der Waals surface area contributed by atoms with Crippen molar-refractivity contribution in [2.45, 2.75) is 39.7 Å². The van der Waals surface area contributed by atoms with Crippen LogP contribution in [0.1, 0.15) is 36.5 Å². The summed E-state index contributed by atoms with van der Waals surface area (Å²) in [5.41, 5.74) is 5.54. The number of rotatable bonds is 10. The molecule has 1 atom stereocenters. The van der Waals surface area contributed by atoms with Gasteiger partial charge in [-0.25, -0.2) is 5.43 Å². The Morgan fingerprint density at radius 3 is 2.67 bits per heavy atom. The molecular formula is C26H32N4O6. The van der Waals surface area contributed by atoms with Crippen molar-refractivity contribution in [3.05, 3.63) is 53.1 Å². The normalized spacial score (nSPS) is 14.9. The third-order valence-corrected chi connectivity index (χ3v) is 5.39. The average molecular weight is 497 g/mol. The molecule has 3 rings (SSSR count). The van der Waals surface area contributed by atoms with Crippen LogP contribution in [0.5, 0.6) is 11.5 Å². The molecule has 1 aliphatic rings. The van der Waals surface area contributed by atoms with E-state index in [1.54, 1.807) is 18.2 Å². The molecule has 3 N–H and O–H groups in total. The molecule has 0 saturated carbocycles. The van der Waals surface area contributed by atoms with Gasteiger partial charge in [-0.3, -0.25) is 14.4 Å². The molecule has 0 bridgehead atoms. The maximum atomic E-state index is 12.4. The fourth-order valence-electron chi connectivity index (χ4n) is 3.50. The third-order valence-electron chi connectivity index (χ3n) is 5.39. The van der Waals surface area contributed by atoms with E-state index >= 15 is 0 Å². The Hall–Kier alpha value is -3.92. The molecule has 0 radical (unpaired) electrons. The van der Waals surface area contributed by atoms with Gasteiger partial charge in [0.2, 0.25) is 0 Å². The smallest absolute Gasteiger partial charge is 0.329 e. The number of anilines is 1. The van der Waals surface area contributed by atoms with Crippen molar-refractivity contribution in [1.29, 1.82) is 0 Å². The second-order valence-corrected chi connectivity index (χ2v) is 8.34. The van der Waals surface area contributed by atoms with Gasteiger partial charge in [0.05, 0.1) is 18.9 Å². The molecule has 36 heavy (non-hydrogen) atoms. The van der Waals surface area contributed by atoms with Gasteiger partial charge in [-0.15, -0.1) is 0 Å². The van der Waals surface area contributed by atoms with Crippen LogP contribution >= 0.6 is 0 Å². The Morgan fingerprint density at radius 2 is 1.92 bits per heavy atom. The van der Waals surface area contributed by atoms with Crippen LogP contribution < -0.4 is 25.5 Å². The molecular weight excluding hydrogens is 464 g/mol. The van der Waals surface area contributed by atoms with E-state index < -0.39 is 11.8 Å². The Balaban J connectivity index is 1.52. The first-order chi connectivity index (χ1) is 17.4. The number of carbonyl (C=O) groups excluding carboxylic acids is 3. The van der Waals surface area contributed by atoms with E-state index in [0.717, 1.165) is 29.7 Å². The summed E-state index contributed by atoms with van der Waals surface area (Å²) in [6.07, 6.45) is 3.13. The maximum Gasteiger partial charge on any atom is 0.329 e. The van der Waals surface area contributed by atoms with E-state index in [1.165, 1.54) is 6.21 Å². The van der Waals surface area contributed by atoms with Gasteiger partial charge in [-0.05, 0) is 74.6 Å². The van der Waals surface area contributed by atoms with Crippen LogP contribution in [-0.2, 0) is 19.1 Å². The standard InChI is InChI=1S/C26H32N4O6/c1-4-34-23-13-19(14-28-30-26(33)25(32)27-15-20-6-5-11-35-20)9-10-22(23)36-16-24(31)29-21-12-17(2)7-8-18(21)3/h7-10,12-14,20H,4-6,11,15-16H2,1-3H3,(H,27,32)(H,29,31)(H,30,33)/b28-14-/t20-/m0/s1. The first-order valence-electron chi connectivity index (χ1n) is 11.8. The highest BCUT2D eigenvalue weighted by Gasteiger charge is 2.19. The number of hydrazone groups is 1.